The van der Waals surface area contributed by atoms with E-state index in [1.165, 1.54) is 0 Å². The van der Waals surface area contributed by atoms with E-state index in [-0.39, 0.29) is 5.91 Å². The molecular weight excluding hydrogens is 245 g/mol. The molecule has 0 bridgehead atoms. The molecule has 2 nitrogen and oxygen atoms in total. The van der Waals surface area contributed by atoms with Crippen LogP contribution in [0, 0.1) is 0 Å². The normalized spacial score (nSPS) is 15.9. The topological polar surface area (TPSA) is 20.3 Å². The Kier molecular flexibility index (Phi) is 3.72. The maximum Gasteiger partial charge on any atom is 0.222 e. The zero-order valence-electron chi connectivity index (χ0n) is 8.88. The third kappa shape index (κ3) is 2.89. The molecule has 1 fully saturated rings. The van der Waals surface area contributed by atoms with Crippen molar-refractivity contribution in [1.82, 2.24) is 4.90 Å². The first-order valence-electron chi connectivity index (χ1n) is 5.38. The van der Waals surface area contributed by atoms with E-state index in [1.54, 1.807) is 6.07 Å². The summed E-state index contributed by atoms with van der Waals surface area (Å²) in [7, 11) is 0. The molecule has 4 heteroatoms. The fourth-order valence-electron chi connectivity index (χ4n) is 1.96. The Bertz CT molecular complexity index is 386. The summed E-state index contributed by atoms with van der Waals surface area (Å²) in [5, 5.41) is 1.30. The minimum Gasteiger partial charge on any atom is -0.342 e. The molecule has 1 amide bonds. The van der Waals surface area contributed by atoms with Gasteiger partial charge in [0.25, 0.3) is 0 Å². The Balaban J connectivity index is 1.96. The number of amides is 1. The van der Waals surface area contributed by atoms with Gasteiger partial charge < -0.3 is 4.90 Å². The van der Waals surface area contributed by atoms with E-state index in [2.05, 4.69) is 0 Å². The van der Waals surface area contributed by atoms with Crippen LogP contribution in [0.25, 0.3) is 0 Å². The van der Waals surface area contributed by atoms with Crippen molar-refractivity contribution in [3.63, 3.8) is 0 Å². The van der Waals surface area contributed by atoms with Crippen molar-refractivity contribution in [2.24, 2.45) is 0 Å². The van der Waals surface area contributed by atoms with Crippen LogP contribution in [0.5, 0.6) is 0 Å². The Morgan fingerprint density at radius 3 is 2.44 bits per heavy atom. The van der Waals surface area contributed by atoms with Crippen LogP contribution in [0.15, 0.2) is 18.2 Å². The van der Waals surface area contributed by atoms with Crippen LogP contribution in [0.3, 0.4) is 0 Å². The Hall–Kier alpha value is -0.730. The van der Waals surface area contributed by atoms with Crippen molar-refractivity contribution < 1.29 is 4.79 Å². The van der Waals surface area contributed by atoms with E-state index in [9.17, 15) is 4.79 Å². The summed E-state index contributed by atoms with van der Waals surface area (Å²) in [5.74, 6) is 0.258. The lowest BCUT2D eigenvalue weighted by atomic mass is 10.1. The number of halogens is 2. The predicted molar refractivity (Wildman–Crippen MR) is 66.0 cm³/mol. The van der Waals surface area contributed by atoms with E-state index < -0.39 is 0 Å². The van der Waals surface area contributed by atoms with E-state index in [4.69, 9.17) is 23.2 Å². The minimum absolute atomic E-state index is 0.258. The zero-order chi connectivity index (χ0) is 11.5. The molecule has 0 aromatic heterocycles. The van der Waals surface area contributed by atoms with Gasteiger partial charge in [0.15, 0.2) is 0 Å². The highest BCUT2D eigenvalue weighted by molar-refractivity contribution is 6.34. The molecule has 0 spiro atoms. The first-order valence-corrected chi connectivity index (χ1v) is 6.13. The summed E-state index contributed by atoms with van der Waals surface area (Å²) in [6, 6.07) is 5.51. The Morgan fingerprint density at radius 2 is 1.88 bits per heavy atom. The first kappa shape index (κ1) is 11.7. The molecule has 1 aliphatic heterocycles. The van der Waals surface area contributed by atoms with Crippen molar-refractivity contribution in [1.29, 1.82) is 0 Å². The van der Waals surface area contributed by atoms with Crippen LogP contribution in [0.2, 0.25) is 10.0 Å². The Morgan fingerprint density at radius 1 is 1.19 bits per heavy atom. The number of likely N-dealkylation sites (tertiary alicyclic amines) is 1. The molecule has 2 rings (SSSR count). The number of nitrogens with zero attached hydrogens (tertiary/aromatic N) is 1. The molecule has 16 heavy (non-hydrogen) atoms. The van der Waals surface area contributed by atoms with Crippen molar-refractivity contribution >= 4 is 29.1 Å². The van der Waals surface area contributed by atoms with Gasteiger partial charge in [0.2, 0.25) is 5.91 Å². The SMILES string of the molecule is O=C1CCCN1CCc1cc(Cl)cc(Cl)c1. The molecule has 1 saturated heterocycles. The maximum absolute atomic E-state index is 11.4. The summed E-state index contributed by atoms with van der Waals surface area (Å²) in [5.41, 5.74) is 1.08. The van der Waals surface area contributed by atoms with Gasteiger partial charge in [-0.25, -0.2) is 0 Å². The fourth-order valence-corrected chi connectivity index (χ4v) is 2.53. The van der Waals surface area contributed by atoms with E-state index in [0.717, 1.165) is 31.5 Å². The molecule has 1 aromatic rings. The van der Waals surface area contributed by atoms with E-state index in [0.29, 0.717) is 16.5 Å². The summed E-state index contributed by atoms with van der Waals surface area (Å²) in [6.07, 6.45) is 2.48. The summed E-state index contributed by atoms with van der Waals surface area (Å²) in [4.78, 5) is 13.3. The van der Waals surface area contributed by atoms with E-state index in [1.807, 2.05) is 17.0 Å². The van der Waals surface area contributed by atoms with Gasteiger partial charge in [0.05, 0.1) is 0 Å². The van der Waals surface area contributed by atoms with Gasteiger partial charge in [-0.2, -0.15) is 0 Å². The van der Waals surface area contributed by atoms with Gasteiger partial charge >= 0.3 is 0 Å². The smallest absolute Gasteiger partial charge is 0.222 e. The highest BCUT2D eigenvalue weighted by Gasteiger charge is 2.19. The quantitative estimate of drug-likeness (QED) is 0.815. The highest BCUT2D eigenvalue weighted by Crippen LogP contribution is 2.20. The van der Waals surface area contributed by atoms with Crippen molar-refractivity contribution in [2.75, 3.05) is 13.1 Å². The molecule has 0 N–H and O–H groups in total. The summed E-state index contributed by atoms with van der Waals surface area (Å²) in [6.45, 7) is 1.64. The molecule has 0 saturated carbocycles. The average Bonchev–Trinajstić information content (AvgIpc) is 2.59. The fraction of sp³-hybridized carbons (Fsp3) is 0.417. The molecule has 0 radical (unpaired) electrons. The molecular formula is C12H13Cl2NO. The van der Waals surface area contributed by atoms with Crippen LogP contribution in [0.4, 0.5) is 0 Å². The van der Waals surface area contributed by atoms with Crippen molar-refractivity contribution in [2.45, 2.75) is 19.3 Å². The third-order valence-corrected chi connectivity index (χ3v) is 3.20. The third-order valence-electron chi connectivity index (χ3n) is 2.76. The van der Waals surface area contributed by atoms with Crippen LogP contribution in [0.1, 0.15) is 18.4 Å². The number of carbonyl (C=O) groups excluding carboxylic acids is 1. The molecule has 0 atom stereocenters. The molecule has 1 heterocycles. The van der Waals surface area contributed by atoms with Gasteiger partial charge in [-0.15, -0.1) is 0 Å². The number of benzene rings is 1. The van der Waals surface area contributed by atoms with Crippen LogP contribution in [-0.4, -0.2) is 23.9 Å². The highest BCUT2D eigenvalue weighted by atomic mass is 35.5. The summed E-state index contributed by atoms with van der Waals surface area (Å²) >= 11 is 11.8. The monoisotopic (exact) mass is 257 g/mol. The van der Waals surface area contributed by atoms with Crippen molar-refractivity contribution in [3.05, 3.63) is 33.8 Å². The number of hydrogen-bond donors (Lipinski definition) is 0. The Labute approximate surface area is 105 Å². The summed E-state index contributed by atoms with van der Waals surface area (Å²) < 4.78 is 0. The lowest BCUT2D eigenvalue weighted by molar-refractivity contribution is -0.127. The minimum atomic E-state index is 0.258. The molecule has 1 aromatic carbocycles. The van der Waals surface area contributed by atoms with Crippen LogP contribution >= 0.6 is 23.2 Å². The molecule has 86 valence electrons. The van der Waals surface area contributed by atoms with E-state index >= 15 is 0 Å². The lowest BCUT2D eigenvalue weighted by Gasteiger charge is -2.15. The second-order valence-electron chi connectivity index (χ2n) is 4.01. The molecule has 1 aliphatic rings. The van der Waals surface area contributed by atoms with Gasteiger partial charge in [-0.3, -0.25) is 4.79 Å². The van der Waals surface area contributed by atoms with Gasteiger partial charge in [0.1, 0.15) is 0 Å². The zero-order valence-corrected chi connectivity index (χ0v) is 10.4. The van der Waals surface area contributed by atoms with Crippen LogP contribution in [-0.2, 0) is 11.2 Å². The average molecular weight is 258 g/mol. The number of hydrogen-bond acceptors (Lipinski definition) is 1. The van der Waals surface area contributed by atoms with Crippen molar-refractivity contribution in [3.8, 4) is 0 Å². The van der Waals surface area contributed by atoms with Gasteiger partial charge in [0, 0.05) is 29.6 Å². The lowest BCUT2D eigenvalue weighted by Crippen LogP contribution is -2.26. The first-order chi connectivity index (χ1) is 7.65. The van der Waals surface area contributed by atoms with Crippen LogP contribution < -0.4 is 0 Å². The second-order valence-corrected chi connectivity index (χ2v) is 4.88. The largest absolute Gasteiger partial charge is 0.342 e. The predicted octanol–water partition coefficient (Wildman–Crippen LogP) is 3.16. The van der Waals surface area contributed by atoms with Gasteiger partial charge in [-0.05, 0) is 36.6 Å². The molecule has 0 unspecified atom stereocenters. The number of carbonyl (C=O) groups is 1. The van der Waals surface area contributed by atoms with Gasteiger partial charge in [-0.1, -0.05) is 23.2 Å². The standard InChI is InChI=1S/C12H13Cl2NO/c13-10-6-9(7-11(14)8-10)3-5-15-4-1-2-12(15)16/h6-8H,1-5H2. The maximum atomic E-state index is 11.4. The molecule has 0 aliphatic carbocycles. The number of rotatable bonds is 3. The second kappa shape index (κ2) is 5.07.